The van der Waals surface area contributed by atoms with Gasteiger partial charge in [-0.2, -0.15) is 12.6 Å². The number of ether oxygens (including phenoxy) is 5. The zero-order chi connectivity index (χ0) is 45.8. The molecular weight excluding hydrogens is 801 g/mol. The van der Waals surface area contributed by atoms with Crippen molar-refractivity contribution in [1.82, 2.24) is 0 Å². The van der Waals surface area contributed by atoms with Crippen LogP contribution < -0.4 is 4.74 Å². The smallest absolute Gasteiger partial charge is 0.333 e. The highest BCUT2D eigenvalue weighted by Crippen LogP contribution is 2.41. The quantitative estimate of drug-likeness (QED) is 0.0308. The SMILES string of the molecule is C=C(C)C(=O)OCCCc1cc(-c2ccc(C3CCC(CCCCC)CC3)cc2CC)cc(CCCS)c1OCC(COC(=O)C(=C)C)(COC(=O)C(=C)C)COC(=O)C(=C)C. The summed E-state index contributed by atoms with van der Waals surface area (Å²) in [5, 5.41) is 0. The van der Waals surface area contributed by atoms with E-state index in [1.54, 1.807) is 6.92 Å². The van der Waals surface area contributed by atoms with Gasteiger partial charge in [-0.15, -0.1) is 0 Å². The van der Waals surface area contributed by atoms with Gasteiger partial charge in [-0.3, -0.25) is 0 Å². The van der Waals surface area contributed by atoms with Crippen LogP contribution >= 0.6 is 12.6 Å². The molecule has 1 fully saturated rings. The summed E-state index contributed by atoms with van der Waals surface area (Å²) in [6.07, 6.45) is 13.6. The Morgan fingerprint density at radius 1 is 0.645 bits per heavy atom. The molecule has 0 unspecified atom stereocenters. The van der Waals surface area contributed by atoms with Crippen LogP contribution in [-0.2, 0) is 57.4 Å². The van der Waals surface area contributed by atoms with Gasteiger partial charge in [0.15, 0.2) is 0 Å². The molecule has 0 heterocycles. The van der Waals surface area contributed by atoms with E-state index in [-0.39, 0.29) is 49.8 Å². The molecule has 0 atom stereocenters. The maximum Gasteiger partial charge on any atom is 0.333 e. The maximum atomic E-state index is 12.8. The first-order chi connectivity index (χ1) is 29.5. The Morgan fingerprint density at radius 3 is 1.65 bits per heavy atom. The summed E-state index contributed by atoms with van der Waals surface area (Å²) in [6.45, 7) is 24.5. The number of unbranched alkanes of at least 4 members (excludes halogenated alkanes) is 2. The van der Waals surface area contributed by atoms with Gasteiger partial charge in [-0.25, -0.2) is 19.2 Å². The molecule has 0 spiro atoms. The van der Waals surface area contributed by atoms with Gasteiger partial charge in [0.1, 0.15) is 37.6 Å². The number of hydrogen-bond acceptors (Lipinski definition) is 10. The molecular formula is C52H72O9S. The molecule has 2 aromatic rings. The van der Waals surface area contributed by atoms with Crippen molar-refractivity contribution in [3.63, 3.8) is 0 Å². The number of hydrogen-bond donors (Lipinski definition) is 1. The molecule has 0 N–H and O–H groups in total. The van der Waals surface area contributed by atoms with Crippen LogP contribution in [0.15, 0.2) is 78.9 Å². The van der Waals surface area contributed by atoms with Gasteiger partial charge in [0.25, 0.3) is 0 Å². The largest absolute Gasteiger partial charge is 0.492 e. The standard InChI is InChI=1S/C52H72O9S/c1-11-13-14-17-39-20-22-41(23-21-39)42-24-25-46(40(12-2)28-42)45-29-43(18-15-26-57-48(53)35(3)4)47(44(30-45)19-16-27-62)58-31-52(32-59-49(54)36(5)6,33-60-50(55)37(7)8)34-61-51(56)38(9)10/h24-25,28-30,39,41,62H,3,5,7,9,11-23,26-27,31-34H2,1-2,4,6,8,10H3. The summed E-state index contributed by atoms with van der Waals surface area (Å²) < 4.78 is 29.3. The molecule has 340 valence electrons. The van der Waals surface area contributed by atoms with Gasteiger partial charge < -0.3 is 23.7 Å². The Morgan fingerprint density at radius 2 is 1.16 bits per heavy atom. The molecule has 9 nitrogen and oxygen atoms in total. The molecule has 62 heavy (non-hydrogen) atoms. The van der Waals surface area contributed by atoms with Crippen LogP contribution in [0.3, 0.4) is 0 Å². The molecule has 1 aliphatic rings. The van der Waals surface area contributed by atoms with E-state index in [1.165, 1.54) is 83.3 Å². The normalized spacial score (nSPS) is 15.0. The Bertz CT molecular complexity index is 1830. The third-order valence-corrected chi connectivity index (χ3v) is 11.8. The van der Waals surface area contributed by atoms with E-state index < -0.39 is 29.3 Å². The molecule has 0 saturated heterocycles. The zero-order valence-electron chi connectivity index (χ0n) is 38.4. The highest BCUT2D eigenvalue weighted by molar-refractivity contribution is 7.80. The number of esters is 4. The van der Waals surface area contributed by atoms with Crippen LogP contribution in [0.5, 0.6) is 5.75 Å². The fourth-order valence-electron chi connectivity index (χ4n) is 7.70. The Kier molecular flexibility index (Phi) is 21.8. The lowest BCUT2D eigenvalue weighted by molar-refractivity contribution is -0.159. The van der Waals surface area contributed by atoms with Crippen molar-refractivity contribution in [2.45, 2.75) is 131 Å². The van der Waals surface area contributed by atoms with Crippen LogP contribution in [0, 0.1) is 11.3 Å². The number of benzene rings is 2. The first kappa shape index (κ1) is 51.8. The lowest BCUT2D eigenvalue weighted by Crippen LogP contribution is -2.44. The fourth-order valence-corrected chi connectivity index (χ4v) is 7.85. The van der Waals surface area contributed by atoms with E-state index in [1.807, 2.05) is 0 Å². The Hall–Kier alpha value is -4.57. The van der Waals surface area contributed by atoms with Crippen molar-refractivity contribution in [2.24, 2.45) is 11.3 Å². The summed E-state index contributed by atoms with van der Waals surface area (Å²) in [5.41, 5.74) is 6.18. The second kappa shape index (κ2) is 26.1. The molecule has 0 aliphatic heterocycles. The molecule has 1 aliphatic carbocycles. The molecule has 0 aromatic heterocycles. The Labute approximate surface area is 377 Å². The first-order valence-corrected chi connectivity index (χ1v) is 23.0. The van der Waals surface area contributed by atoms with Gasteiger partial charge in [0.2, 0.25) is 0 Å². The number of carbonyl (C=O) groups excluding carboxylic acids is 4. The Balaban J connectivity index is 2.12. The van der Waals surface area contributed by atoms with E-state index in [4.69, 9.17) is 23.7 Å². The van der Waals surface area contributed by atoms with Gasteiger partial charge in [0.05, 0.1) is 6.61 Å². The molecule has 2 aromatic carbocycles. The topological polar surface area (TPSA) is 114 Å². The van der Waals surface area contributed by atoms with E-state index >= 15 is 0 Å². The lowest BCUT2D eigenvalue weighted by Gasteiger charge is -2.33. The minimum Gasteiger partial charge on any atom is -0.492 e. The number of aryl methyl sites for hydroxylation is 3. The van der Waals surface area contributed by atoms with Crippen molar-refractivity contribution in [3.05, 3.63) is 101 Å². The molecule has 0 radical (unpaired) electrons. The zero-order valence-corrected chi connectivity index (χ0v) is 39.3. The van der Waals surface area contributed by atoms with Crippen molar-refractivity contribution >= 4 is 36.5 Å². The van der Waals surface area contributed by atoms with E-state index in [2.05, 4.69) is 83.1 Å². The summed E-state index contributed by atoms with van der Waals surface area (Å²) in [7, 11) is 0. The molecule has 3 rings (SSSR count). The second-order valence-electron chi connectivity index (χ2n) is 17.3. The molecule has 1 saturated carbocycles. The predicted molar refractivity (Wildman–Crippen MR) is 252 cm³/mol. The fraction of sp³-hybridized carbons (Fsp3) is 0.538. The summed E-state index contributed by atoms with van der Waals surface area (Å²) in [6, 6.07) is 11.3. The summed E-state index contributed by atoms with van der Waals surface area (Å²) in [4.78, 5) is 50.6. The van der Waals surface area contributed by atoms with Crippen LogP contribution in [0.25, 0.3) is 11.1 Å². The monoisotopic (exact) mass is 872 g/mol. The van der Waals surface area contributed by atoms with Gasteiger partial charge >= 0.3 is 23.9 Å². The third kappa shape index (κ3) is 16.3. The van der Waals surface area contributed by atoms with E-state index in [0.717, 1.165) is 41.0 Å². The minimum absolute atomic E-state index is 0.168. The van der Waals surface area contributed by atoms with Crippen molar-refractivity contribution in [1.29, 1.82) is 0 Å². The third-order valence-electron chi connectivity index (χ3n) is 11.5. The van der Waals surface area contributed by atoms with Gasteiger partial charge in [-0.05, 0) is 149 Å². The van der Waals surface area contributed by atoms with Gasteiger partial charge in [0, 0.05) is 22.3 Å². The number of rotatable bonds is 27. The summed E-state index contributed by atoms with van der Waals surface area (Å²) in [5.74, 6) is 0.201. The average Bonchev–Trinajstić information content (AvgIpc) is 3.26. The van der Waals surface area contributed by atoms with Crippen LogP contribution in [0.2, 0.25) is 0 Å². The average molecular weight is 873 g/mol. The highest BCUT2D eigenvalue weighted by Gasteiger charge is 2.38. The van der Waals surface area contributed by atoms with E-state index in [0.29, 0.717) is 42.3 Å². The molecule has 10 heteroatoms. The van der Waals surface area contributed by atoms with Crippen LogP contribution in [0.1, 0.15) is 134 Å². The van der Waals surface area contributed by atoms with Crippen LogP contribution in [0.4, 0.5) is 0 Å². The predicted octanol–water partition coefficient (Wildman–Crippen LogP) is 11.4. The molecule has 0 bridgehead atoms. The summed E-state index contributed by atoms with van der Waals surface area (Å²) >= 11 is 4.56. The van der Waals surface area contributed by atoms with Crippen LogP contribution in [-0.4, -0.2) is 62.7 Å². The first-order valence-electron chi connectivity index (χ1n) is 22.4. The number of thiol groups is 1. The highest BCUT2D eigenvalue weighted by atomic mass is 32.1. The maximum absolute atomic E-state index is 12.8. The molecule has 0 amide bonds. The van der Waals surface area contributed by atoms with Crippen molar-refractivity contribution in [2.75, 3.05) is 38.8 Å². The van der Waals surface area contributed by atoms with Crippen molar-refractivity contribution in [3.8, 4) is 16.9 Å². The van der Waals surface area contributed by atoms with Gasteiger partial charge in [-0.1, -0.05) is 84.0 Å². The van der Waals surface area contributed by atoms with Crippen molar-refractivity contribution < 1.29 is 42.9 Å². The minimum atomic E-state index is -1.35. The van der Waals surface area contributed by atoms with E-state index in [9.17, 15) is 19.2 Å². The number of carbonyl (C=O) groups is 4. The lowest BCUT2D eigenvalue weighted by atomic mass is 9.76. The second-order valence-corrected chi connectivity index (χ2v) is 17.8.